The fraction of sp³-hybridized carbons (Fsp3) is 0.375. The zero-order valence-corrected chi connectivity index (χ0v) is 17.6. The molecule has 2 N–H and O–H groups in total. The van der Waals surface area contributed by atoms with E-state index in [-0.39, 0.29) is 10.8 Å². The number of aromatic nitrogens is 3. The number of nitrogens with one attached hydrogen (secondary N) is 2. The highest BCUT2D eigenvalue weighted by Crippen LogP contribution is 2.24. The molecule has 0 aliphatic carbocycles. The topological polar surface area (TPSA) is 114 Å². The van der Waals surface area contributed by atoms with E-state index in [0.717, 1.165) is 22.3 Å². The van der Waals surface area contributed by atoms with Crippen molar-refractivity contribution in [1.82, 2.24) is 18.5 Å². The molecule has 0 aliphatic rings. The summed E-state index contributed by atoms with van der Waals surface area (Å²) in [6.07, 6.45) is 0. The number of hydrogen-bond donors (Lipinski definition) is 2. The number of thiazole rings is 1. The van der Waals surface area contributed by atoms with E-state index in [4.69, 9.17) is 0 Å². The monoisotopic (exact) mass is 425 g/mol. The second kappa shape index (κ2) is 7.58. The molecule has 3 rings (SSSR count). The fourth-order valence-electron chi connectivity index (χ4n) is 2.43. The van der Waals surface area contributed by atoms with Crippen LogP contribution >= 0.6 is 23.1 Å². The highest BCUT2D eigenvalue weighted by Gasteiger charge is 2.30. The molecule has 3 aromatic rings. The SMILES string of the molecule is Cc1nc(NC(=O)C(NS(=O)(=O)c2cccc3nsnc23)C(C)C)sc1C. The minimum atomic E-state index is -3.96. The van der Waals surface area contributed by atoms with E-state index < -0.39 is 22.0 Å². The summed E-state index contributed by atoms with van der Waals surface area (Å²) in [7, 11) is -3.96. The predicted octanol–water partition coefficient (Wildman–Crippen LogP) is 2.71. The van der Waals surface area contributed by atoms with Crippen molar-refractivity contribution in [2.75, 3.05) is 5.32 Å². The third-order valence-corrected chi connectivity index (χ3v) is 7.03. The zero-order chi connectivity index (χ0) is 19.8. The van der Waals surface area contributed by atoms with Crippen LogP contribution < -0.4 is 10.0 Å². The van der Waals surface area contributed by atoms with Crippen molar-refractivity contribution >= 4 is 55.2 Å². The molecule has 0 saturated heterocycles. The smallest absolute Gasteiger partial charge is 0.244 e. The molecule has 1 aromatic carbocycles. The molecule has 0 saturated carbocycles. The Morgan fingerprint density at radius 1 is 1.19 bits per heavy atom. The number of amides is 1. The quantitative estimate of drug-likeness (QED) is 0.628. The number of aryl methyl sites for hydroxylation is 2. The number of carbonyl (C=O) groups excluding carboxylic acids is 1. The summed E-state index contributed by atoms with van der Waals surface area (Å²) in [5.41, 5.74) is 1.63. The van der Waals surface area contributed by atoms with Gasteiger partial charge in [0.2, 0.25) is 15.9 Å². The maximum absolute atomic E-state index is 12.9. The molecule has 1 amide bonds. The van der Waals surface area contributed by atoms with Crippen LogP contribution in [0.5, 0.6) is 0 Å². The molecule has 8 nitrogen and oxygen atoms in total. The molecule has 27 heavy (non-hydrogen) atoms. The number of anilines is 1. The van der Waals surface area contributed by atoms with Crippen molar-refractivity contribution < 1.29 is 13.2 Å². The van der Waals surface area contributed by atoms with Gasteiger partial charge in [0.05, 0.1) is 17.4 Å². The lowest BCUT2D eigenvalue weighted by atomic mass is 10.1. The maximum Gasteiger partial charge on any atom is 0.244 e. The van der Waals surface area contributed by atoms with Crippen molar-refractivity contribution in [3.63, 3.8) is 0 Å². The molecule has 1 unspecified atom stereocenters. The van der Waals surface area contributed by atoms with Gasteiger partial charge in [-0.15, -0.1) is 11.3 Å². The van der Waals surface area contributed by atoms with Gasteiger partial charge in [0, 0.05) is 4.88 Å². The van der Waals surface area contributed by atoms with E-state index in [1.54, 1.807) is 26.0 Å². The number of carbonyl (C=O) groups is 1. The first-order valence-corrected chi connectivity index (χ1v) is 11.2. The minimum Gasteiger partial charge on any atom is -0.301 e. The first-order valence-electron chi connectivity index (χ1n) is 8.17. The molecule has 0 bridgehead atoms. The molecule has 0 radical (unpaired) electrons. The first kappa shape index (κ1) is 19.8. The Morgan fingerprint density at radius 3 is 2.56 bits per heavy atom. The second-order valence-corrected chi connectivity index (χ2v) is 9.79. The second-order valence-electron chi connectivity index (χ2n) is 6.38. The van der Waals surface area contributed by atoms with Crippen LogP contribution in [-0.2, 0) is 14.8 Å². The average Bonchev–Trinajstić information content (AvgIpc) is 3.18. The Bertz CT molecular complexity index is 1070. The molecule has 144 valence electrons. The van der Waals surface area contributed by atoms with Gasteiger partial charge in [0.25, 0.3) is 0 Å². The Balaban J connectivity index is 1.87. The Morgan fingerprint density at radius 2 is 1.93 bits per heavy atom. The Labute approximate surface area is 165 Å². The summed E-state index contributed by atoms with van der Waals surface area (Å²) in [4.78, 5) is 18.0. The van der Waals surface area contributed by atoms with Gasteiger partial charge >= 0.3 is 0 Å². The Kier molecular flexibility index (Phi) is 5.56. The number of hydrogen-bond acceptors (Lipinski definition) is 8. The lowest BCUT2D eigenvalue weighted by Crippen LogP contribution is -2.47. The van der Waals surface area contributed by atoms with E-state index in [9.17, 15) is 13.2 Å². The number of fused-ring (bicyclic) bond motifs is 1. The molecule has 0 fully saturated rings. The van der Waals surface area contributed by atoms with Gasteiger partial charge in [-0.2, -0.15) is 13.5 Å². The zero-order valence-electron chi connectivity index (χ0n) is 15.2. The van der Waals surface area contributed by atoms with Crippen molar-refractivity contribution in [1.29, 1.82) is 0 Å². The molecule has 0 aliphatic heterocycles. The van der Waals surface area contributed by atoms with Gasteiger partial charge in [-0.3, -0.25) is 4.79 Å². The van der Waals surface area contributed by atoms with Gasteiger partial charge < -0.3 is 5.32 Å². The van der Waals surface area contributed by atoms with Crippen LogP contribution in [0.25, 0.3) is 11.0 Å². The van der Waals surface area contributed by atoms with E-state index in [0.29, 0.717) is 16.2 Å². The highest BCUT2D eigenvalue weighted by molar-refractivity contribution is 7.89. The number of rotatable bonds is 6. The number of nitrogens with zero attached hydrogens (tertiary/aromatic N) is 3. The summed E-state index contributed by atoms with van der Waals surface area (Å²) in [6, 6.07) is 3.79. The molecule has 2 aromatic heterocycles. The van der Waals surface area contributed by atoms with E-state index in [1.165, 1.54) is 17.4 Å². The summed E-state index contributed by atoms with van der Waals surface area (Å²) < 4.78 is 36.4. The van der Waals surface area contributed by atoms with Crippen LogP contribution in [0.15, 0.2) is 23.1 Å². The van der Waals surface area contributed by atoms with Crippen molar-refractivity contribution in [2.24, 2.45) is 5.92 Å². The van der Waals surface area contributed by atoms with E-state index in [1.807, 2.05) is 13.8 Å². The van der Waals surface area contributed by atoms with Gasteiger partial charge in [-0.1, -0.05) is 19.9 Å². The largest absolute Gasteiger partial charge is 0.301 e. The maximum atomic E-state index is 12.9. The number of benzene rings is 1. The lowest BCUT2D eigenvalue weighted by Gasteiger charge is -2.21. The van der Waals surface area contributed by atoms with Crippen LogP contribution in [-0.4, -0.2) is 34.1 Å². The standard InChI is InChI=1S/C16H19N5O3S3/c1-8(2)13(15(22)18-16-17-9(3)10(4)25-16)21-27(23,24)12-7-5-6-11-14(12)20-26-19-11/h5-8,13,21H,1-4H3,(H,17,18,22). The lowest BCUT2D eigenvalue weighted by molar-refractivity contribution is -0.118. The third kappa shape index (κ3) is 4.15. The van der Waals surface area contributed by atoms with E-state index in [2.05, 4.69) is 23.8 Å². The summed E-state index contributed by atoms with van der Waals surface area (Å²) >= 11 is 2.29. The molecule has 1 atom stereocenters. The molecular formula is C16H19N5O3S3. The van der Waals surface area contributed by atoms with Gasteiger partial charge in [-0.25, -0.2) is 13.4 Å². The van der Waals surface area contributed by atoms with Crippen LogP contribution in [0.1, 0.15) is 24.4 Å². The van der Waals surface area contributed by atoms with Crippen LogP contribution in [0.2, 0.25) is 0 Å². The first-order chi connectivity index (χ1) is 12.7. The minimum absolute atomic E-state index is 0.00753. The van der Waals surface area contributed by atoms with Gasteiger partial charge in [0.1, 0.15) is 22.0 Å². The summed E-state index contributed by atoms with van der Waals surface area (Å²) in [6.45, 7) is 7.31. The summed E-state index contributed by atoms with van der Waals surface area (Å²) in [5.74, 6) is -0.722. The van der Waals surface area contributed by atoms with Crippen molar-refractivity contribution in [3.8, 4) is 0 Å². The van der Waals surface area contributed by atoms with Crippen LogP contribution in [0.4, 0.5) is 5.13 Å². The Hall–Kier alpha value is -1.95. The van der Waals surface area contributed by atoms with Crippen LogP contribution in [0.3, 0.4) is 0 Å². The molecular weight excluding hydrogens is 406 g/mol. The number of sulfonamides is 1. The predicted molar refractivity (Wildman–Crippen MR) is 107 cm³/mol. The van der Waals surface area contributed by atoms with Gasteiger partial charge in [0.15, 0.2) is 5.13 Å². The summed E-state index contributed by atoms with van der Waals surface area (Å²) in [5, 5.41) is 3.16. The van der Waals surface area contributed by atoms with E-state index >= 15 is 0 Å². The molecule has 0 spiro atoms. The fourth-order valence-corrected chi connectivity index (χ4v) is 5.36. The van der Waals surface area contributed by atoms with Crippen molar-refractivity contribution in [2.45, 2.75) is 38.6 Å². The highest BCUT2D eigenvalue weighted by atomic mass is 32.2. The van der Waals surface area contributed by atoms with Crippen molar-refractivity contribution in [3.05, 3.63) is 28.8 Å². The normalized spacial score (nSPS) is 13.2. The molecule has 11 heteroatoms. The third-order valence-electron chi connectivity index (χ3n) is 4.03. The van der Waals surface area contributed by atoms with Gasteiger partial charge in [-0.05, 0) is 31.9 Å². The molecule has 2 heterocycles. The average molecular weight is 426 g/mol. The van der Waals surface area contributed by atoms with Crippen LogP contribution in [0, 0.1) is 19.8 Å².